The van der Waals surface area contributed by atoms with E-state index in [4.69, 9.17) is 21.1 Å². The van der Waals surface area contributed by atoms with Crippen LogP contribution in [0.2, 0.25) is 0 Å². The summed E-state index contributed by atoms with van der Waals surface area (Å²) in [5.41, 5.74) is 5.97. The Labute approximate surface area is 229 Å². The zero-order valence-corrected chi connectivity index (χ0v) is 22.0. The minimum Gasteiger partial charge on any atom is -0.497 e. The van der Waals surface area contributed by atoms with Gasteiger partial charge in [0.1, 0.15) is 39.8 Å². The van der Waals surface area contributed by atoms with E-state index in [2.05, 4.69) is 30.4 Å². The molecule has 1 fully saturated rings. The lowest BCUT2D eigenvalue weighted by molar-refractivity contribution is 0.295. The normalized spacial score (nSPS) is 13.8. The third-order valence-electron chi connectivity index (χ3n) is 6.79. The maximum absolute atomic E-state index is 14.0. The molecule has 0 amide bonds. The van der Waals surface area contributed by atoms with E-state index in [0.717, 1.165) is 41.0 Å². The molecule has 1 aliphatic carbocycles. The Balaban J connectivity index is 1.27. The number of halogens is 2. The zero-order chi connectivity index (χ0) is 26.8. The van der Waals surface area contributed by atoms with Crippen molar-refractivity contribution in [2.75, 3.05) is 13.7 Å². The van der Waals surface area contributed by atoms with E-state index in [0.29, 0.717) is 47.5 Å². The van der Waals surface area contributed by atoms with Gasteiger partial charge in [0.05, 0.1) is 25.7 Å². The van der Waals surface area contributed by atoms with Crippen molar-refractivity contribution in [2.45, 2.75) is 24.6 Å². The molecule has 0 radical (unpaired) electrons. The number of rotatable bonds is 10. The number of methoxy groups -OCH3 is 1. The number of hydrogen-bond donors (Lipinski definition) is 2. The molecule has 5 aromatic rings. The van der Waals surface area contributed by atoms with Crippen LogP contribution in [0.5, 0.6) is 11.5 Å². The summed E-state index contributed by atoms with van der Waals surface area (Å²) in [5.74, 6) is 1.55. The lowest BCUT2D eigenvalue weighted by Gasteiger charge is -2.12. The van der Waals surface area contributed by atoms with E-state index in [1.165, 1.54) is 12.1 Å². The fourth-order valence-electron chi connectivity index (χ4n) is 4.43. The average molecular weight is 545 g/mol. The summed E-state index contributed by atoms with van der Waals surface area (Å²) in [4.78, 5) is 12.3. The van der Waals surface area contributed by atoms with Crippen molar-refractivity contribution in [1.82, 2.24) is 30.4 Å². The number of imidazole rings is 1. The molecular formula is C29H26ClFN6O2. The van der Waals surface area contributed by atoms with Crippen LogP contribution in [0.15, 0.2) is 67.1 Å². The van der Waals surface area contributed by atoms with Gasteiger partial charge in [0.15, 0.2) is 0 Å². The van der Waals surface area contributed by atoms with Gasteiger partial charge >= 0.3 is 0 Å². The van der Waals surface area contributed by atoms with Gasteiger partial charge in [-0.1, -0.05) is 18.2 Å². The van der Waals surface area contributed by atoms with Crippen LogP contribution in [0.1, 0.15) is 40.7 Å². The number of aromatic amines is 2. The quantitative estimate of drug-likeness (QED) is 0.206. The maximum atomic E-state index is 14.0. The molecule has 3 aromatic heterocycles. The van der Waals surface area contributed by atoms with Crippen LogP contribution in [0.25, 0.3) is 22.6 Å². The van der Waals surface area contributed by atoms with Crippen molar-refractivity contribution in [3.63, 3.8) is 0 Å². The molecule has 39 heavy (non-hydrogen) atoms. The molecule has 1 saturated carbocycles. The first-order valence-electron chi connectivity index (χ1n) is 12.7. The molecule has 2 aromatic carbocycles. The molecular weight excluding hydrogens is 519 g/mol. The van der Waals surface area contributed by atoms with Crippen LogP contribution in [0, 0.1) is 11.7 Å². The van der Waals surface area contributed by atoms with E-state index in [-0.39, 0.29) is 5.82 Å². The van der Waals surface area contributed by atoms with Crippen molar-refractivity contribution in [2.24, 2.45) is 5.92 Å². The molecule has 0 saturated heterocycles. The molecule has 0 bridgehead atoms. The van der Waals surface area contributed by atoms with E-state index >= 15 is 0 Å². The number of aromatic nitrogens is 6. The Bertz CT molecular complexity index is 1580. The fourth-order valence-corrected chi connectivity index (χ4v) is 4.73. The highest BCUT2D eigenvalue weighted by atomic mass is 35.5. The lowest BCUT2D eigenvalue weighted by atomic mass is 10.0. The highest BCUT2D eigenvalue weighted by Crippen LogP contribution is 2.36. The first-order valence-corrected chi connectivity index (χ1v) is 13.1. The van der Waals surface area contributed by atoms with Crippen LogP contribution >= 0.6 is 11.6 Å². The predicted octanol–water partition coefficient (Wildman–Crippen LogP) is 6.11. The molecule has 3 heterocycles. The number of alkyl halides is 1. The van der Waals surface area contributed by atoms with Crippen LogP contribution in [0.3, 0.4) is 0 Å². The van der Waals surface area contributed by atoms with Gasteiger partial charge in [-0.15, -0.1) is 11.6 Å². The average Bonchev–Trinajstić information content (AvgIpc) is 3.46. The number of nitrogens with zero attached hydrogens (tertiary/aromatic N) is 4. The van der Waals surface area contributed by atoms with Crippen molar-refractivity contribution < 1.29 is 13.9 Å². The lowest BCUT2D eigenvalue weighted by Crippen LogP contribution is -2.03. The standard InChI is InChI=1S/C29H26ClFN6O2/c1-38-22-8-5-18(6-9-22)26(30)29-27(35-37-36-29)20-10-11-32-23(13-20)28-24(33-16-34-28)12-19-4-7-21(31)14-25(19)39-15-17-2-3-17/h4-11,13-14,16-17,26H,2-3,12,15H2,1H3,(H,33,34)(H,35,36,37). The van der Waals surface area contributed by atoms with E-state index in [9.17, 15) is 4.39 Å². The topological polar surface area (TPSA) is 102 Å². The predicted molar refractivity (Wildman–Crippen MR) is 145 cm³/mol. The highest BCUT2D eigenvalue weighted by Gasteiger charge is 2.24. The number of benzene rings is 2. The summed E-state index contributed by atoms with van der Waals surface area (Å²) in [6.45, 7) is 0.605. The molecule has 8 nitrogen and oxygen atoms in total. The van der Waals surface area contributed by atoms with Gasteiger partial charge in [0, 0.05) is 35.5 Å². The van der Waals surface area contributed by atoms with E-state index < -0.39 is 5.38 Å². The monoisotopic (exact) mass is 544 g/mol. The second-order valence-electron chi connectivity index (χ2n) is 9.54. The molecule has 1 aliphatic rings. The van der Waals surface area contributed by atoms with Crippen LogP contribution in [-0.2, 0) is 6.42 Å². The molecule has 1 atom stereocenters. The Kier molecular flexibility index (Phi) is 6.98. The summed E-state index contributed by atoms with van der Waals surface area (Å²) < 4.78 is 25.2. The number of nitrogens with one attached hydrogen (secondary N) is 2. The summed E-state index contributed by atoms with van der Waals surface area (Å²) in [7, 11) is 1.62. The third kappa shape index (κ3) is 5.49. The highest BCUT2D eigenvalue weighted by molar-refractivity contribution is 6.22. The fraction of sp³-hybridized carbons (Fsp3) is 0.241. The third-order valence-corrected chi connectivity index (χ3v) is 7.24. The summed E-state index contributed by atoms with van der Waals surface area (Å²) >= 11 is 6.82. The number of H-pyrrole nitrogens is 2. The molecule has 198 valence electrons. The second kappa shape index (κ2) is 10.9. The summed E-state index contributed by atoms with van der Waals surface area (Å²) in [6, 6.07) is 16.0. The van der Waals surface area contributed by atoms with Crippen molar-refractivity contribution in [3.8, 4) is 34.1 Å². The van der Waals surface area contributed by atoms with Gasteiger partial charge < -0.3 is 14.5 Å². The maximum Gasteiger partial charge on any atom is 0.126 e. The smallest absolute Gasteiger partial charge is 0.126 e. The number of ether oxygens (including phenoxy) is 2. The van der Waals surface area contributed by atoms with Crippen molar-refractivity contribution >= 4 is 11.6 Å². The van der Waals surface area contributed by atoms with E-state index in [1.807, 2.05) is 36.4 Å². The second-order valence-corrected chi connectivity index (χ2v) is 9.97. The van der Waals surface area contributed by atoms with Gasteiger partial charge in [-0.3, -0.25) is 4.98 Å². The molecule has 10 heteroatoms. The minimum absolute atomic E-state index is 0.320. The minimum atomic E-state index is -0.519. The van der Waals surface area contributed by atoms with Crippen molar-refractivity contribution in [1.29, 1.82) is 0 Å². The van der Waals surface area contributed by atoms with Gasteiger partial charge in [0.25, 0.3) is 0 Å². The van der Waals surface area contributed by atoms with E-state index in [1.54, 1.807) is 25.7 Å². The first-order chi connectivity index (χ1) is 19.1. The van der Waals surface area contributed by atoms with Crippen LogP contribution in [0.4, 0.5) is 4.39 Å². The van der Waals surface area contributed by atoms with Gasteiger partial charge in [0.2, 0.25) is 0 Å². The summed E-state index contributed by atoms with van der Waals surface area (Å²) in [6.07, 6.45) is 6.15. The number of hydrogen-bond acceptors (Lipinski definition) is 6. The van der Waals surface area contributed by atoms with Crippen molar-refractivity contribution in [3.05, 3.63) is 95.5 Å². The van der Waals surface area contributed by atoms with Gasteiger partial charge in [-0.25, -0.2) is 9.37 Å². The Hall–Kier alpha value is -4.24. The molecule has 0 aliphatic heterocycles. The largest absolute Gasteiger partial charge is 0.497 e. The Morgan fingerprint density at radius 3 is 2.67 bits per heavy atom. The molecule has 0 spiro atoms. The van der Waals surface area contributed by atoms with Crippen LogP contribution < -0.4 is 9.47 Å². The zero-order valence-electron chi connectivity index (χ0n) is 21.2. The Morgan fingerprint density at radius 2 is 1.87 bits per heavy atom. The number of pyridine rings is 1. The van der Waals surface area contributed by atoms with Gasteiger partial charge in [-0.05, 0) is 54.7 Å². The summed E-state index contributed by atoms with van der Waals surface area (Å²) in [5, 5.41) is 10.9. The molecule has 1 unspecified atom stereocenters. The van der Waals surface area contributed by atoms with Crippen LogP contribution in [-0.4, -0.2) is 44.1 Å². The Morgan fingerprint density at radius 1 is 1.03 bits per heavy atom. The molecule has 6 rings (SSSR count). The van der Waals surface area contributed by atoms with Gasteiger partial charge in [-0.2, -0.15) is 15.4 Å². The molecule has 2 N–H and O–H groups in total. The first kappa shape index (κ1) is 25.1. The SMILES string of the molecule is COc1ccc(C(Cl)c2n[nH]nc2-c2ccnc(-c3nc[nH]c3Cc3ccc(F)cc3OCC3CC3)c2)cc1.